The van der Waals surface area contributed by atoms with Gasteiger partial charge in [0.2, 0.25) is 0 Å². The van der Waals surface area contributed by atoms with Gasteiger partial charge in [0.15, 0.2) is 0 Å². The number of likely N-dealkylation sites (tertiary alicyclic amines) is 1. The zero-order chi connectivity index (χ0) is 15.2. The highest BCUT2D eigenvalue weighted by molar-refractivity contribution is 7.10. The molecule has 2 N–H and O–H groups in total. The standard InChI is InChI=1S/C15H22N2O3S/c1-2-11-6-8-21-13(11)10-16-15(20)17-7-4-3-5-12(17)9-14(18)19/h6,8,12H,2-5,7,9-10H2,1H3,(H,16,20)(H,18,19). The van der Waals surface area contributed by atoms with E-state index in [0.717, 1.165) is 25.7 Å². The van der Waals surface area contributed by atoms with Gasteiger partial charge in [0.05, 0.1) is 13.0 Å². The van der Waals surface area contributed by atoms with Crippen molar-refractivity contribution in [2.24, 2.45) is 0 Å². The number of amides is 2. The molecule has 1 aliphatic rings. The van der Waals surface area contributed by atoms with Gasteiger partial charge in [0.1, 0.15) is 0 Å². The third-order valence-electron chi connectivity index (χ3n) is 3.92. The van der Waals surface area contributed by atoms with Crippen LogP contribution in [0, 0.1) is 0 Å². The Balaban J connectivity index is 1.93. The second-order valence-corrected chi connectivity index (χ2v) is 6.32. The number of hydrogen-bond acceptors (Lipinski definition) is 3. The highest BCUT2D eigenvalue weighted by atomic mass is 32.1. The van der Waals surface area contributed by atoms with Crippen molar-refractivity contribution in [3.8, 4) is 0 Å². The summed E-state index contributed by atoms with van der Waals surface area (Å²) in [5.41, 5.74) is 1.26. The number of rotatable bonds is 5. The van der Waals surface area contributed by atoms with Crippen molar-refractivity contribution in [2.75, 3.05) is 6.54 Å². The maximum Gasteiger partial charge on any atom is 0.317 e. The maximum absolute atomic E-state index is 12.3. The molecular weight excluding hydrogens is 288 g/mol. The molecule has 1 aromatic rings. The number of nitrogens with zero attached hydrogens (tertiary/aromatic N) is 1. The second kappa shape index (κ2) is 7.45. The van der Waals surface area contributed by atoms with Crippen molar-refractivity contribution >= 4 is 23.3 Å². The van der Waals surface area contributed by atoms with E-state index in [2.05, 4.69) is 18.3 Å². The van der Waals surface area contributed by atoms with Gasteiger partial charge in [-0.1, -0.05) is 6.92 Å². The number of nitrogens with one attached hydrogen (secondary N) is 1. The Morgan fingerprint density at radius 3 is 3.00 bits per heavy atom. The van der Waals surface area contributed by atoms with E-state index >= 15 is 0 Å². The molecule has 2 heterocycles. The summed E-state index contributed by atoms with van der Waals surface area (Å²) in [5, 5.41) is 13.9. The average Bonchev–Trinajstić information content (AvgIpc) is 2.92. The molecule has 0 bridgehead atoms. The summed E-state index contributed by atoms with van der Waals surface area (Å²) in [4.78, 5) is 26.1. The Morgan fingerprint density at radius 1 is 1.48 bits per heavy atom. The zero-order valence-electron chi connectivity index (χ0n) is 12.3. The Labute approximate surface area is 129 Å². The highest BCUT2D eigenvalue weighted by Crippen LogP contribution is 2.21. The van der Waals surface area contributed by atoms with Crippen molar-refractivity contribution in [3.05, 3.63) is 21.9 Å². The topological polar surface area (TPSA) is 69.6 Å². The van der Waals surface area contributed by atoms with Crippen LogP contribution in [-0.2, 0) is 17.8 Å². The number of carboxylic acids is 1. The van der Waals surface area contributed by atoms with Crippen LogP contribution < -0.4 is 5.32 Å². The lowest BCUT2D eigenvalue weighted by atomic mass is 10.00. The number of thiophene rings is 1. The highest BCUT2D eigenvalue weighted by Gasteiger charge is 2.28. The van der Waals surface area contributed by atoms with Crippen LogP contribution in [-0.4, -0.2) is 34.6 Å². The first-order chi connectivity index (χ1) is 10.1. The first kappa shape index (κ1) is 15.8. The van der Waals surface area contributed by atoms with Crippen molar-refractivity contribution in [3.63, 3.8) is 0 Å². The van der Waals surface area contributed by atoms with Gasteiger partial charge in [-0.15, -0.1) is 11.3 Å². The monoisotopic (exact) mass is 310 g/mol. The van der Waals surface area contributed by atoms with Crippen molar-refractivity contribution in [1.29, 1.82) is 0 Å². The number of hydrogen-bond donors (Lipinski definition) is 2. The number of carbonyl (C=O) groups excluding carboxylic acids is 1. The van der Waals surface area contributed by atoms with E-state index in [1.807, 2.05) is 5.38 Å². The van der Waals surface area contributed by atoms with Gasteiger partial charge in [0, 0.05) is 17.5 Å². The fourth-order valence-electron chi connectivity index (χ4n) is 2.78. The lowest BCUT2D eigenvalue weighted by Gasteiger charge is -2.34. The Kier molecular flexibility index (Phi) is 5.61. The molecule has 1 fully saturated rings. The molecule has 2 rings (SSSR count). The third-order valence-corrected chi connectivity index (χ3v) is 4.88. The van der Waals surface area contributed by atoms with Crippen molar-refractivity contribution < 1.29 is 14.7 Å². The smallest absolute Gasteiger partial charge is 0.317 e. The molecule has 1 unspecified atom stereocenters. The molecule has 5 nitrogen and oxygen atoms in total. The third kappa shape index (κ3) is 4.20. The van der Waals surface area contributed by atoms with E-state index in [1.165, 1.54) is 10.4 Å². The van der Waals surface area contributed by atoms with Crippen LogP contribution in [0.4, 0.5) is 4.79 Å². The summed E-state index contributed by atoms with van der Waals surface area (Å²) in [6, 6.07) is 1.77. The fraction of sp³-hybridized carbons (Fsp3) is 0.600. The minimum absolute atomic E-state index is 0.0344. The molecule has 0 aliphatic carbocycles. The van der Waals surface area contributed by atoms with Crippen LogP contribution >= 0.6 is 11.3 Å². The maximum atomic E-state index is 12.3. The van der Waals surface area contributed by atoms with Gasteiger partial charge in [-0.25, -0.2) is 4.79 Å². The van der Waals surface area contributed by atoms with E-state index in [4.69, 9.17) is 5.11 Å². The minimum Gasteiger partial charge on any atom is -0.481 e. The predicted octanol–water partition coefficient (Wildman–Crippen LogP) is 2.85. The molecule has 1 saturated heterocycles. The number of carboxylic acid groups (broad SMARTS) is 1. The number of carbonyl (C=O) groups is 2. The molecule has 1 aromatic heterocycles. The molecular formula is C15H22N2O3S. The van der Waals surface area contributed by atoms with E-state index in [0.29, 0.717) is 13.1 Å². The molecule has 0 aromatic carbocycles. The lowest BCUT2D eigenvalue weighted by molar-refractivity contribution is -0.138. The molecule has 0 saturated carbocycles. The van der Waals surface area contributed by atoms with Crippen LogP contribution in [0.15, 0.2) is 11.4 Å². The summed E-state index contributed by atoms with van der Waals surface area (Å²) in [5.74, 6) is -0.841. The van der Waals surface area contributed by atoms with Crippen LogP contribution in [0.3, 0.4) is 0 Å². The van der Waals surface area contributed by atoms with E-state index in [-0.39, 0.29) is 18.5 Å². The second-order valence-electron chi connectivity index (χ2n) is 5.32. The minimum atomic E-state index is -0.841. The average molecular weight is 310 g/mol. The summed E-state index contributed by atoms with van der Waals surface area (Å²) >= 11 is 1.65. The van der Waals surface area contributed by atoms with Crippen molar-refractivity contribution in [2.45, 2.75) is 51.6 Å². The summed E-state index contributed by atoms with van der Waals surface area (Å²) < 4.78 is 0. The Hall–Kier alpha value is -1.56. The van der Waals surface area contributed by atoms with Crippen LogP contribution in [0.25, 0.3) is 0 Å². The largest absolute Gasteiger partial charge is 0.481 e. The number of urea groups is 1. The van der Waals surface area contributed by atoms with Crippen LogP contribution in [0.5, 0.6) is 0 Å². The molecule has 6 heteroatoms. The Bertz CT molecular complexity index is 501. The molecule has 116 valence electrons. The molecule has 1 atom stereocenters. The van der Waals surface area contributed by atoms with Crippen LogP contribution in [0.1, 0.15) is 43.0 Å². The number of piperidine rings is 1. The van der Waals surface area contributed by atoms with Gasteiger partial charge in [-0.3, -0.25) is 4.79 Å². The quantitative estimate of drug-likeness (QED) is 0.878. The lowest BCUT2D eigenvalue weighted by Crippen LogP contribution is -2.49. The Morgan fingerprint density at radius 2 is 2.29 bits per heavy atom. The first-order valence-corrected chi connectivity index (χ1v) is 8.31. The normalized spacial score (nSPS) is 18.5. The zero-order valence-corrected chi connectivity index (χ0v) is 13.1. The van der Waals surface area contributed by atoms with Gasteiger partial charge in [0.25, 0.3) is 0 Å². The first-order valence-electron chi connectivity index (χ1n) is 7.43. The summed E-state index contributed by atoms with van der Waals surface area (Å²) in [6.07, 6.45) is 3.71. The van der Waals surface area contributed by atoms with E-state index < -0.39 is 5.97 Å². The predicted molar refractivity (Wildman–Crippen MR) is 82.5 cm³/mol. The van der Waals surface area contributed by atoms with E-state index in [9.17, 15) is 9.59 Å². The molecule has 2 amide bonds. The molecule has 21 heavy (non-hydrogen) atoms. The van der Waals surface area contributed by atoms with Gasteiger partial charge in [-0.05, 0) is 42.7 Å². The van der Waals surface area contributed by atoms with Gasteiger partial charge >= 0.3 is 12.0 Å². The fourth-order valence-corrected chi connectivity index (χ4v) is 3.69. The SMILES string of the molecule is CCc1ccsc1CNC(=O)N1CCCCC1CC(=O)O. The molecule has 1 aliphatic heterocycles. The van der Waals surface area contributed by atoms with Crippen molar-refractivity contribution in [1.82, 2.24) is 10.2 Å². The van der Waals surface area contributed by atoms with E-state index in [1.54, 1.807) is 16.2 Å². The molecule has 0 spiro atoms. The number of aliphatic carboxylic acids is 1. The summed E-state index contributed by atoms with van der Waals surface area (Å²) in [7, 11) is 0. The number of aryl methyl sites for hydroxylation is 1. The van der Waals surface area contributed by atoms with Crippen LogP contribution in [0.2, 0.25) is 0 Å². The summed E-state index contributed by atoms with van der Waals surface area (Å²) in [6.45, 7) is 3.27. The van der Waals surface area contributed by atoms with Gasteiger partial charge in [-0.2, -0.15) is 0 Å². The molecule has 0 radical (unpaired) electrons. The van der Waals surface area contributed by atoms with Gasteiger partial charge < -0.3 is 15.3 Å².